The van der Waals surface area contributed by atoms with Crippen LogP contribution in [0, 0.1) is 0 Å². The number of hydrogen-bond donors (Lipinski definition) is 1. The van der Waals surface area contributed by atoms with Gasteiger partial charge in [-0.05, 0) is 24.4 Å². The van der Waals surface area contributed by atoms with Crippen LogP contribution in [0.4, 0.5) is 5.69 Å². The maximum absolute atomic E-state index is 10.8. The van der Waals surface area contributed by atoms with Gasteiger partial charge in [-0.3, -0.25) is 4.55 Å². The van der Waals surface area contributed by atoms with Crippen LogP contribution in [0.1, 0.15) is 12.5 Å². The van der Waals surface area contributed by atoms with Crippen LogP contribution in [0.15, 0.2) is 29.4 Å². The predicted molar refractivity (Wildman–Crippen MR) is 60.0 cm³/mol. The fourth-order valence-corrected chi connectivity index (χ4v) is 1.59. The van der Waals surface area contributed by atoms with Crippen molar-refractivity contribution < 1.29 is 13.0 Å². The van der Waals surface area contributed by atoms with Gasteiger partial charge in [-0.25, -0.2) is 0 Å². The van der Waals surface area contributed by atoms with E-state index in [1.165, 1.54) is 6.92 Å². The van der Waals surface area contributed by atoms with E-state index in [9.17, 15) is 8.42 Å². The molecule has 0 aliphatic carbocycles. The summed E-state index contributed by atoms with van der Waals surface area (Å²) in [6.07, 6.45) is 0.218. The first-order chi connectivity index (χ1) is 7.43. The summed E-state index contributed by atoms with van der Waals surface area (Å²) in [4.78, 5) is 2.62. The lowest BCUT2D eigenvalue weighted by molar-refractivity contribution is 0.469. The third-order valence-electron chi connectivity index (χ3n) is 2.13. The molecule has 1 atom stereocenters. The molecule has 0 radical (unpaired) electrons. The molecule has 1 N–H and O–H groups in total. The van der Waals surface area contributed by atoms with E-state index < -0.39 is 15.4 Å². The summed E-state index contributed by atoms with van der Waals surface area (Å²) in [7, 11) is -4.00. The van der Waals surface area contributed by atoms with Crippen molar-refractivity contribution in [1.82, 2.24) is 0 Å². The van der Waals surface area contributed by atoms with Crippen molar-refractivity contribution in [2.24, 2.45) is 5.11 Å². The summed E-state index contributed by atoms with van der Waals surface area (Å²) in [6, 6.07) is 6.49. The van der Waals surface area contributed by atoms with Crippen molar-refractivity contribution in [1.29, 1.82) is 0 Å². The average Bonchev–Trinajstić information content (AvgIpc) is 2.20. The highest BCUT2D eigenvalue weighted by atomic mass is 32.2. The van der Waals surface area contributed by atoms with Gasteiger partial charge < -0.3 is 0 Å². The van der Waals surface area contributed by atoms with Crippen molar-refractivity contribution >= 4 is 15.8 Å². The molecule has 0 aliphatic rings. The molecule has 0 aliphatic heterocycles. The van der Waals surface area contributed by atoms with E-state index >= 15 is 0 Å². The summed E-state index contributed by atoms with van der Waals surface area (Å²) >= 11 is 0. The average molecular weight is 241 g/mol. The van der Waals surface area contributed by atoms with E-state index in [0.717, 1.165) is 5.56 Å². The Kier molecular flexibility index (Phi) is 3.89. The second kappa shape index (κ2) is 4.98. The van der Waals surface area contributed by atoms with Crippen LogP contribution in [0.2, 0.25) is 0 Å². The number of hydrogen-bond acceptors (Lipinski definition) is 3. The number of rotatable bonds is 4. The molecule has 1 rings (SSSR count). The summed E-state index contributed by atoms with van der Waals surface area (Å²) in [5.41, 5.74) is 9.40. The molecule has 86 valence electrons. The summed E-state index contributed by atoms with van der Waals surface area (Å²) in [5, 5.41) is 2.54. The molecule has 7 heteroatoms. The zero-order valence-corrected chi connectivity index (χ0v) is 9.42. The molecule has 0 heterocycles. The van der Waals surface area contributed by atoms with Crippen LogP contribution >= 0.6 is 0 Å². The Labute approximate surface area is 93.3 Å². The molecule has 6 nitrogen and oxygen atoms in total. The summed E-state index contributed by atoms with van der Waals surface area (Å²) < 4.78 is 30.4. The lowest BCUT2D eigenvalue weighted by Crippen LogP contribution is -2.18. The van der Waals surface area contributed by atoms with Gasteiger partial charge in [-0.2, -0.15) is 8.42 Å². The van der Waals surface area contributed by atoms with Gasteiger partial charge in [0.05, 0.1) is 5.25 Å². The quantitative estimate of drug-likeness (QED) is 0.379. The highest BCUT2D eigenvalue weighted by Gasteiger charge is 2.17. The zero-order chi connectivity index (χ0) is 12.2. The fourth-order valence-electron chi connectivity index (χ4n) is 1.19. The fraction of sp³-hybridized carbons (Fsp3) is 0.333. The van der Waals surface area contributed by atoms with Gasteiger partial charge >= 0.3 is 0 Å². The van der Waals surface area contributed by atoms with Gasteiger partial charge in [0.25, 0.3) is 10.1 Å². The Morgan fingerprint density at radius 2 is 2.00 bits per heavy atom. The van der Waals surface area contributed by atoms with Crippen molar-refractivity contribution in [2.75, 3.05) is 0 Å². The van der Waals surface area contributed by atoms with E-state index in [1.807, 2.05) is 0 Å². The summed E-state index contributed by atoms with van der Waals surface area (Å²) in [6.45, 7) is 1.43. The molecule has 0 fully saturated rings. The molecule has 0 spiro atoms. The normalized spacial score (nSPS) is 12.9. The number of benzene rings is 1. The zero-order valence-electron chi connectivity index (χ0n) is 8.61. The standard InChI is InChI=1S/C9H11N3O3S/c1-7(16(13,14)15)6-8-2-4-9(5-3-8)11-12-10/h2-5,7H,6H2,1H3,(H,13,14,15). The largest absolute Gasteiger partial charge is 0.285 e. The summed E-state index contributed by atoms with van der Waals surface area (Å²) in [5.74, 6) is 0. The van der Waals surface area contributed by atoms with Gasteiger partial charge in [0, 0.05) is 10.6 Å². The third kappa shape index (κ3) is 3.54. The molecule has 16 heavy (non-hydrogen) atoms. The molecule has 1 aromatic carbocycles. The van der Waals surface area contributed by atoms with E-state index in [2.05, 4.69) is 10.0 Å². The Morgan fingerprint density at radius 3 is 2.44 bits per heavy atom. The third-order valence-corrected chi connectivity index (χ3v) is 3.31. The molecular weight excluding hydrogens is 230 g/mol. The molecule has 0 saturated carbocycles. The van der Waals surface area contributed by atoms with E-state index in [0.29, 0.717) is 5.69 Å². The molecular formula is C9H11N3O3S. The topological polar surface area (TPSA) is 103 Å². The number of nitrogens with zero attached hydrogens (tertiary/aromatic N) is 3. The Bertz CT molecular complexity index is 503. The van der Waals surface area contributed by atoms with Crippen molar-refractivity contribution in [3.63, 3.8) is 0 Å². The van der Waals surface area contributed by atoms with Crippen molar-refractivity contribution in [3.05, 3.63) is 40.3 Å². The van der Waals surface area contributed by atoms with Crippen LogP contribution in [-0.4, -0.2) is 18.2 Å². The maximum atomic E-state index is 10.8. The van der Waals surface area contributed by atoms with Gasteiger partial charge in [0.2, 0.25) is 0 Å². The first-order valence-corrected chi connectivity index (χ1v) is 6.04. The Hall–Kier alpha value is -1.56. The van der Waals surface area contributed by atoms with Gasteiger partial charge in [0.15, 0.2) is 0 Å². The SMILES string of the molecule is CC(Cc1ccc(N=[N+]=[N-])cc1)S(=O)(=O)O. The van der Waals surface area contributed by atoms with Crippen LogP contribution in [-0.2, 0) is 16.5 Å². The monoisotopic (exact) mass is 241 g/mol. The molecule has 0 aromatic heterocycles. The smallest absolute Gasteiger partial charge is 0.267 e. The Morgan fingerprint density at radius 1 is 1.44 bits per heavy atom. The van der Waals surface area contributed by atoms with Crippen LogP contribution < -0.4 is 0 Å². The molecule has 1 aromatic rings. The van der Waals surface area contributed by atoms with Gasteiger partial charge in [0.1, 0.15) is 0 Å². The second-order valence-corrected chi connectivity index (χ2v) is 5.22. The van der Waals surface area contributed by atoms with Crippen LogP contribution in [0.5, 0.6) is 0 Å². The highest BCUT2D eigenvalue weighted by Crippen LogP contribution is 2.15. The second-order valence-electron chi connectivity index (χ2n) is 3.39. The van der Waals surface area contributed by atoms with Gasteiger partial charge in [-0.1, -0.05) is 29.4 Å². The minimum Gasteiger partial charge on any atom is -0.285 e. The van der Waals surface area contributed by atoms with E-state index in [-0.39, 0.29) is 6.42 Å². The molecule has 0 bridgehead atoms. The molecule has 0 amide bonds. The Balaban J connectivity index is 2.80. The minimum atomic E-state index is -4.00. The molecule has 1 unspecified atom stereocenters. The van der Waals surface area contributed by atoms with E-state index in [4.69, 9.17) is 10.1 Å². The minimum absolute atomic E-state index is 0.218. The molecule has 0 saturated heterocycles. The van der Waals surface area contributed by atoms with E-state index in [1.54, 1.807) is 24.3 Å². The van der Waals surface area contributed by atoms with Crippen molar-refractivity contribution in [3.8, 4) is 0 Å². The first-order valence-electron chi connectivity index (χ1n) is 4.54. The van der Waals surface area contributed by atoms with Crippen molar-refractivity contribution in [2.45, 2.75) is 18.6 Å². The van der Waals surface area contributed by atoms with Crippen LogP contribution in [0.25, 0.3) is 10.4 Å². The predicted octanol–water partition coefficient (Wildman–Crippen LogP) is 2.45. The van der Waals surface area contributed by atoms with Crippen LogP contribution in [0.3, 0.4) is 0 Å². The highest BCUT2D eigenvalue weighted by molar-refractivity contribution is 7.86. The first kappa shape index (κ1) is 12.5. The maximum Gasteiger partial charge on any atom is 0.267 e. The lowest BCUT2D eigenvalue weighted by atomic mass is 10.1. The lowest BCUT2D eigenvalue weighted by Gasteiger charge is -2.07. The number of azide groups is 1. The van der Waals surface area contributed by atoms with Gasteiger partial charge in [-0.15, -0.1) is 0 Å².